The molecular weight excluding hydrogens is 192 g/mol. The number of aromatic nitrogens is 3. The van der Waals surface area contributed by atoms with Gasteiger partial charge in [0.25, 0.3) is 0 Å². The van der Waals surface area contributed by atoms with Gasteiger partial charge in [-0.05, 0) is 18.6 Å². The van der Waals surface area contributed by atoms with Crippen LogP contribution in [-0.4, -0.2) is 28.7 Å². The molecule has 5 nitrogen and oxygen atoms in total. The first-order valence-corrected chi connectivity index (χ1v) is 4.86. The molecule has 0 spiro atoms. The number of nitrogens with one attached hydrogen (secondary N) is 1. The summed E-state index contributed by atoms with van der Waals surface area (Å²) in [5, 5.41) is 0. The second-order valence-corrected chi connectivity index (χ2v) is 3.38. The fraction of sp³-hybridized carbons (Fsp3) is 0.400. The summed E-state index contributed by atoms with van der Waals surface area (Å²) >= 11 is 0. The molecule has 2 rings (SSSR count). The second kappa shape index (κ2) is 4.37. The van der Waals surface area contributed by atoms with Crippen molar-refractivity contribution >= 4 is 11.2 Å². The van der Waals surface area contributed by atoms with Crippen LogP contribution in [0.2, 0.25) is 0 Å². The van der Waals surface area contributed by atoms with Crippen LogP contribution in [0.1, 0.15) is 18.3 Å². The third-order valence-corrected chi connectivity index (χ3v) is 2.26. The van der Waals surface area contributed by atoms with E-state index in [1.54, 1.807) is 13.3 Å². The minimum atomic E-state index is -0.126. The smallest absolute Gasteiger partial charge is 0.177 e. The van der Waals surface area contributed by atoms with Gasteiger partial charge in [-0.1, -0.05) is 0 Å². The molecule has 0 aliphatic heterocycles. The predicted molar refractivity (Wildman–Crippen MR) is 57.3 cm³/mol. The van der Waals surface area contributed by atoms with E-state index in [-0.39, 0.29) is 6.04 Å². The van der Waals surface area contributed by atoms with E-state index in [0.717, 1.165) is 17.8 Å². The van der Waals surface area contributed by atoms with E-state index in [1.165, 1.54) is 0 Å². The molecule has 0 aromatic carbocycles. The van der Waals surface area contributed by atoms with Gasteiger partial charge >= 0.3 is 0 Å². The number of pyridine rings is 1. The van der Waals surface area contributed by atoms with Gasteiger partial charge in [0.15, 0.2) is 5.65 Å². The Morgan fingerprint density at radius 1 is 1.60 bits per heavy atom. The fourth-order valence-electron chi connectivity index (χ4n) is 1.42. The lowest BCUT2D eigenvalue weighted by atomic mass is 10.2. The van der Waals surface area contributed by atoms with Gasteiger partial charge in [0.1, 0.15) is 5.82 Å². The number of methoxy groups -OCH3 is 1. The first-order valence-electron chi connectivity index (χ1n) is 4.86. The van der Waals surface area contributed by atoms with E-state index in [2.05, 4.69) is 15.0 Å². The van der Waals surface area contributed by atoms with Crippen LogP contribution in [-0.2, 0) is 4.74 Å². The average molecular weight is 206 g/mol. The molecule has 2 aromatic rings. The zero-order chi connectivity index (χ0) is 10.7. The highest BCUT2D eigenvalue weighted by Gasteiger charge is 2.10. The molecule has 0 saturated heterocycles. The Morgan fingerprint density at radius 2 is 2.47 bits per heavy atom. The van der Waals surface area contributed by atoms with E-state index in [0.29, 0.717) is 12.3 Å². The Morgan fingerprint density at radius 3 is 3.20 bits per heavy atom. The Balaban J connectivity index is 2.20. The van der Waals surface area contributed by atoms with Crippen molar-refractivity contribution in [1.82, 2.24) is 15.0 Å². The molecule has 0 aliphatic rings. The zero-order valence-electron chi connectivity index (χ0n) is 8.60. The van der Waals surface area contributed by atoms with E-state index in [4.69, 9.17) is 10.5 Å². The molecule has 0 radical (unpaired) electrons. The van der Waals surface area contributed by atoms with Gasteiger partial charge in [-0.3, -0.25) is 0 Å². The SMILES string of the molecule is COCCC(N)c1nc2ncccc2[nH]1. The number of H-pyrrole nitrogens is 1. The summed E-state index contributed by atoms with van der Waals surface area (Å²) < 4.78 is 4.97. The van der Waals surface area contributed by atoms with Gasteiger partial charge in [0, 0.05) is 19.9 Å². The summed E-state index contributed by atoms with van der Waals surface area (Å²) in [7, 11) is 1.66. The van der Waals surface area contributed by atoms with Crippen molar-refractivity contribution in [3.05, 3.63) is 24.2 Å². The van der Waals surface area contributed by atoms with Gasteiger partial charge in [0.05, 0.1) is 11.6 Å². The molecule has 15 heavy (non-hydrogen) atoms. The van der Waals surface area contributed by atoms with Crippen molar-refractivity contribution in [2.45, 2.75) is 12.5 Å². The highest BCUT2D eigenvalue weighted by Crippen LogP contribution is 2.14. The first kappa shape index (κ1) is 10.1. The molecule has 0 bridgehead atoms. The maximum atomic E-state index is 5.94. The van der Waals surface area contributed by atoms with E-state index in [1.807, 2.05) is 12.1 Å². The van der Waals surface area contributed by atoms with Gasteiger partial charge in [-0.2, -0.15) is 0 Å². The molecule has 0 fully saturated rings. The molecule has 1 atom stereocenters. The Kier molecular flexibility index (Phi) is 2.94. The Hall–Kier alpha value is -1.46. The normalized spacial score (nSPS) is 13.2. The van der Waals surface area contributed by atoms with Crippen molar-refractivity contribution in [2.24, 2.45) is 5.73 Å². The third-order valence-electron chi connectivity index (χ3n) is 2.26. The third kappa shape index (κ3) is 2.14. The van der Waals surface area contributed by atoms with Crippen LogP contribution in [0, 0.1) is 0 Å². The van der Waals surface area contributed by atoms with Crippen molar-refractivity contribution in [2.75, 3.05) is 13.7 Å². The molecule has 0 saturated carbocycles. The summed E-state index contributed by atoms with van der Waals surface area (Å²) in [5.74, 6) is 0.765. The summed E-state index contributed by atoms with van der Waals surface area (Å²) in [6.45, 7) is 0.631. The highest BCUT2D eigenvalue weighted by atomic mass is 16.5. The molecular formula is C10H14N4O. The Bertz CT molecular complexity index is 407. The van der Waals surface area contributed by atoms with E-state index < -0.39 is 0 Å². The number of ether oxygens (including phenoxy) is 1. The van der Waals surface area contributed by atoms with Crippen LogP contribution in [0.25, 0.3) is 11.2 Å². The van der Waals surface area contributed by atoms with Crippen molar-refractivity contribution in [3.63, 3.8) is 0 Å². The van der Waals surface area contributed by atoms with Crippen molar-refractivity contribution in [3.8, 4) is 0 Å². The number of imidazole rings is 1. The van der Waals surface area contributed by atoms with Crippen LogP contribution >= 0.6 is 0 Å². The molecule has 80 valence electrons. The highest BCUT2D eigenvalue weighted by molar-refractivity contribution is 5.69. The quantitative estimate of drug-likeness (QED) is 0.782. The molecule has 0 aliphatic carbocycles. The molecule has 0 amide bonds. The zero-order valence-corrected chi connectivity index (χ0v) is 8.60. The lowest BCUT2D eigenvalue weighted by Gasteiger charge is -2.06. The molecule has 2 heterocycles. The summed E-state index contributed by atoms with van der Waals surface area (Å²) in [4.78, 5) is 11.6. The minimum Gasteiger partial charge on any atom is -0.385 e. The lowest BCUT2D eigenvalue weighted by Crippen LogP contribution is -2.14. The van der Waals surface area contributed by atoms with Gasteiger partial charge in [-0.15, -0.1) is 0 Å². The summed E-state index contributed by atoms with van der Waals surface area (Å²) in [5.41, 5.74) is 7.57. The largest absolute Gasteiger partial charge is 0.385 e. The number of hydrogen-bond acceptors (Lipinski definition) is 4. The maximum absolute atomic E-state index is 5.94. The van der Waals surface area contributed by atoms with Gasteiger partial charge in [-0.25, -0.2) is 9.97 Å². The molecule has 3 N–H and O–H groups in total. The van der Waals surface area contributed by atoms with Crippen LogP contribution in [0.3, 0.4) is 0 Å². The van der Waals surface area contributed by atoms with Gasteiger partial charge in [0.2, 0.25) is 0 Å². The lowest BCUT2D eigenvalue weighted by molar-refractivity contribution is 0.187. The fourth-order valence-corrected chi connectivity index (χ4v) is 1.42. The average Bonchev–Trinajstić information content (AvgIpc) is 2.69. The number of nitrogens with two attached hydrogens (primary N) is 1. The summed E-state index contributed by atoms with van der Waals surface area (Å²) in [6.07, 6.45) is 2.46. The number of nitrogens with zero attached hydrogens (tertiary/aromatic N) is 2. The van der Waals surface area contributed by atoms with Crippen LogP contribution < -0.4 is 5.73 Å². The number of aromatic amines is 1. The van der Waals surface area contributed by atoms with Crippen LogP contribution in [0.5, 0.6) is 0 Å². The van der Waals surface area contributed by atoms with Crippen molar-refractivity contribution < 1.29 is 4.74 Å². The first-order chi connectivity index (χ1) is 7.31. The molecule has 1 unspecified atom stereocenters. The van der Waals surface area contributed by atoms with Crippen LogP contribution in [0.4, 0.5) is 0 Å². The number of fused-ring (bicyclic) bond motifs is 1. The second-order valence-electron chi connectivity index (χ2n) is 3.38. The van der Waals surface area contributed by atoms with Crippen molar-refractivity contribution in [1.29, 1.82) is 0 Å². The van der Waals surface area contributed by atoms with E-state index >= 15 is 0 Å². The Labute approximate surface area is 87.7 Å². The van der Waals surface area contributed by atoms with E-state index in [9.17, 15) is 0 Å². The van der Waals surface area contributed by atoms with Crippen LogP contribution in [0.15, 0.2) is 18.3 Å². The monoisotopic (exact) mass is 206 g/mol. The summed E-state index contributed by atoms with van der Waals surface area (Å²) in [6, 6.07) is 3.67. The maximum Gasteiger partial charge on any atom is 0.177 e. The number of hydrogen-bond donors (Lipinski definition) is 2. The predicted octanol–water partition coefficient (Wildman–Crippen LogP) is 0.994. The minimum absolute atomic E-state index is 0.126. The van der Waals surface area contributed by atoms with Gasteiger partial charge < -0.3 is 15.5 Å². The standard InChI is InChI=1S/C10H14N4O/c1-15-6-4-7(11)9-13-8-3-2-5-12-10(8)14-9/h2-3,5,7H,4,6,11H2,1H3,(H,12,13,14). The molecule has 5 heteroatoms. The topological polar surface area (TPSA) is 76.8 Å². The molecule has 2 aromatic heterocycles. The number of rotatable bonds is 4.